The minimum Gasteiger partial charge on any atom is -0.321 e. The summed E-state index contributed by atoms with van der Waals surface area (Å²) in [5, 5.41) is 3.69. The minimum absolute atomic E-state index is 0.110. The van der Waals surface area contributed by atoms with Gasteiger partial charge < -0.3 is 5.32 Å². The first-order valence-corrected chi connectivity index (χ1v) is 7.57. The zero-order chi connectivity index (χ0) is 15.2. The molecule has 0 aliphatic rings. The van der Waals surface area contributed by atoms with E-state index in [2.05, 4.69) is 12.2 Å². The van der Waals surface area contributed by atoms with Crippen LogP contribution >= 0.6 is 23.2 Å². The third kappa shape index (κ3) is 4.73. The highest BCUT2D eigenvalue weighted by atomic mass is 35.5. The molecule has 1 heterocycles. The molecule has 0 radical (unpaired) electrons. The molecular formula is C16H17Cl2N2O+. The van der Waals surface area contributed by atoms with Crippen LogP contribution < -0.4 is 9.88 Å². The van der Waals surface area contributed by atoms with Crippen LogP contribution in [0.15, 0.2) is 42.7 Å². The fraction of sp³-hybridized carbons (Fsp3) is 0.250. The van der Waals surface area contributed by atoms with E-state index < -0.39 is 0 Å². The molecule has 1 aromatic heterocycles. The number of aromatic nitrogens is 1. The minimum atomic E-state index is -0.110. The maximum Gasteiger partial charge on any atom is 0.290 e. The summed E-state index contributed by atoms with van der Waals surface area (Å²) in [7, 11) is 0. The Labute approximate surface area is 134 Å². The number of nitrogens with zero attached hydrogens (tertiary/aromatic N) is 1. The Morgan fingerprint density at radius 2 is 1.86 bits per heavy atom. The summed E-state index contributed by atoms with van der Waals surface area (Å²) in [5.41, 5.74) is 1.91. The van der Waals surface area contributed by atoms with E-state index >= 15 is 0 Å². The van der Waals surface area contributed by atoms with Gasteiger partial charge in [0.1, 0.15) is 0 Å². The first-order valence-electron chi connectivity index (χ1n) is 6.81. The lowest BCUT2D eigenvalue weighted by atomic mass is 10.2. The van der Waals surface area contributed by atoms with Gasteiger partial charge in [0, 0.05) is 17.8 Å². The molecule has 0 unspecified atom stereocenters. The molecule has 0 aliphatic heterocycles. The average Bonchev–Trinajstić information content (AvgIpc) is 2.45. The van der Waals surface area contributed by atoms with Gasteiger partial charge >= 0.3 is 0 Å². The lowest BCUT2D eigenvalue weighted by Crippen LogP contribution is -2.39. The van der Waals surface area contributed by atoms with E-state index in [0.717, 1.165) is 12.8 Å². The van der Waals surface area contributed by atoms with Crippen molar-refractivity contribution < 1.29 is 9.36 Å². The molecule has 1 aromatic carbocycles. The number of aryl methyl sites for hydroxylation is 1. The Morgan fingerprint density at radius 1 is 1.14 bits per heavy atom. The maximum absolute atomic E-state index is 12.0. The fourth-order valence-corrected chi connectivity index (χ4v) is 2.29. The van der Waals surface area contributed by atoms with Gasteiger partial charge in [0.15, 0.2) is 12.4 Å². The van der Waals surface area contributed by atoms with Crippen LogP contribution in [-0.2, 0) is 17.8 Å². The number of nitrogens with one attached hydrogen (secondary N) is 1. The van der Waals surface area contributed by atoms with Gasteiger partial charge in [0.25, 0.3) is 5.91 Å². The van der Waals surface area contributed by atoms with Crippen LogP contribution in [0.3, 0.4) is 0 Å². The second-order valence-corrected chi connectivity index (χ2v) is 5.62. The number of rotatable bonds is 5. The Kier molecular flexibility index (Phi) is 5.59. The molecule has 2 aromatic rings. The standard InChI is InChI=1S/C16H16Cl2N2O/c1-2-3-12-6-8-20(9-7-12)11-16(21)19-13-4-5-14(17)15(18)10-13/h4-10H,2-3,11H2,1H3/p+1. The SMILES string of the molecule is CCCc1cc[n+](CC(=O)Nc2ccc(Cl)c(Cl)c2)cc1. The van der Waals surface area contributed by atoms with E-state index in [-0.39, 0.29) is 12.5 Å². The quantitative estimate of drug-likeness (QED) is 0.832. The second kappa shape index (κ2) is 7.43. The Hall–Kier alpha value is -1.58. The lowest BCUT2D eigenvalue weighted by molar-refractivity contribution is -0.684. The summed E-state index contributed by atoms with van der Waals surface area (Å²) in [5.74, 6) is -0.110. The van der Waals surface area contributed by atoms with E-state index in [9.17, 15) is 4.79 Å². The first kappa shape index (κ1) is 15.8. The lowest BCUT2D eigenvalue weighted by Gasteiger charge is -2.05. The smallest absolute Gasteiger partial charge is 0.290 e. The third-order valence-corrected chi connectivity index (χ3v) is 3.77. The van der Waals surface area contributed by atoms with Crippen molar-refractivity contribution in [2.24, 2.45) is 0 Å². The molecule has 0 atom stereocenters. The Bertz CT molecular complexity index is 627. The van der Waals surface area contributed by atoms with Gasteiger partial charge in [-0.3, -0.25) is 4.79 Å². The number of anilines is 1. The Morgan fingerprint density at radius 3 is 2.48 bits per heavy atom. The average molecular weight is 324 g/mol. The molecule has 0 saturated heterocycles. The molecular weight excluding hydrogens is 307 g/mol. The summed E-state index contributed by atoms with van der Waals surface area (Å²) in [6.07, 6.45) is 6.00. The van der Waals surface area contributed by atoms with Gasteiger partial charge in [-0.1, -0.05) is 36.5 Å². The van der Waals surface area contributed by atoms with Gasteiger partial charge in [-0.05, 0) is 30.2 Å². The summed E-state index contributed by atoms with van der Waals surface area (Å²) in [6.45, 7) is 2.40. The normalized spacial score (nSPS) is 10.4. The zero-order valence-corrected chi connectivity index (χ0v) is 13.3. The van der Waals surface area contributed by atoms with Crippen LogP contribution in [-0.4, -0.2) is 5.91 Å². The molecule has 0 fully saturated rings. The molecule has 1 N–H and O–H groups in total. The summed E-state index contributed by atoms with van der Waals surface area (Å²) >= 11 is 11.8. The number of hydrogen-bond donors (Lipinski definition) is 1. The molecule has 2 rings (SSSR count). The maximum atomic E-state index is 12.0. The van der Waals surface area contributed by atoms with Crippen molar-refractivity contribution in [1.82, 2.24) is 0 Å². The first-order chi connectivity index (χ1) is 10.1. The topological polar surface area (TPSA) is 33.0 Å². The Balaban J connectivity index is 1.96. The van der Waals surface area contributed by atoms with Crippen LogP contribution in [0.4, 0.5) is 5.69 Å². The van der Waals surface area contributed by atoms with Crippen LogP contribution in [0.1, 0.15) is 18.9 Å². The van der Waals surface area contributed by atoms with Gasteiger partial charge in [-0.15, -0.1) is 0 Å². The van der Waals surface area contributed by atoms with E-state index in [1.165, 1.54) is 5.56 Å². The van der Waals surface area contributed by atoms with Crippen molar-refractivity contribution in [3.8, 4) is 0 Å². The van der Waals surface area contributed by atoms with Gasteiger partial charge in [-0.2, -0.15) is 4.57 Å². The number of halogens is 2. The van der Waals surface area contributed by atoms with Crippen molar-refractivity contribution >= 4 is 34.8 Å². The zero-order valence-electron chi connectivity index (χ0n) is 11.8. The molecule has 0 spiro atoms. The highest BCUT2D eigenvalue weighted by Gasteiger charge is 2.10. The number of pyridine rings is 1. The molecule has 0 bridgehead atoms. The number of carbonyl (C=O) groups excluding carboxylic acids is 1. The van der Waals surface area contributed by atoms with Crippen molar-refractivity contribution in [1.29, 1.82) is 0 Å². The van der Waals surface area contributed by atoms with E-state index in [4.69, 9.17) is 23.2 Å². The van der Waals surface area contributed by atoms with Crippen LogP contribution in [0.2, 0.25) is 10.0 Å². The van der Waals surface area contributed by atoms with Gasteiger partial charge in [-0.25, -0.2) is 0 Å². The van der Waals surface area contributed by atoms with Crippen molar-refractivity contribution in [2.45, 2.75) is 26.3 Å². The summed E-state index contributed by atoms with van der Waals surface area (Å²) in [6, 6.07) is 9.09. The second-order valence-electron chi connectivity index (χ2n) is 4.81. The fourth-order valence-electron chi connectivity index (χ4n) is 1.99. The highest BCUT2D eigenvalue weighted by molar-refractivity contribution is 6.42. The van der Waals surface area contributed by atoms with Crippen molar-refractivity contribution in [3.05, 3.63) is 58.3 Å². The molecule has 21 heavy (non-hydrogen) atoms. The van der Waals surface area contributed by atoms with E-state index in [1.807, 2.05) is 29.1 Å². The van der Waals surface area contributed by atoms with E-state index in [0.29, 0.717) is 15.7 Å². The predicted molar refractivity (Wildman–Crippen MR) is 85.7 cm³/mol. The third-order valence-electron chi connectivity index (χ3n) is 3.03. The predicted octanol–water partition coefficient (Wildman–Crippen LogP) is 3.87. The van der Waals surface area contributed by atoms with Crippen molar-refractivity contribution in [3.63, 3.8) is 0 Å². The molecule has 110 valence electrons. The monoisotopic (exact) mass is 323 g/mol. The van der Waals surface area contributed by atoms with Gasteiger partial charge in [0.2, 0.25) is 6.54 Å². The molecule has 1 amide bonds. The molecule has 0 saturated carbocycles. The highest BCUT2D eigenvalue weighted by Crippen LogP contribution is 2.24. The number of carbonyl (C=O) groups is 1. The van der Waals surface area contributed by atoms with Crippen LogP contribution in [0, 0.1) is 0 Å². The van der Waals surface area contributed by atoms with Crippen molar-refractivity contribution in [2.75, 3.05) is 5.32 Å². The van der Waals surface area contributed by atoms with Gasteiger partial charge in [0.05, 0.1) is 10.0 Å². The van der Waals surface area contributed by atoms with Crippen LogP contribution in [0.25, 0.3) is 0 Å². The number of hydrogen-bond acceptors (Lipinski definition) is 1. The molecule has 3 nitrogen and oxygen atoms in total. The number of benzene rings is 1. The largest absolute Gasteiger partial charge is 0.321 e. The number of amides is 1. The van der Waals surface area contributed by atoms with E-state index in [1.54, 1.807) is 18.2 Å². The molecule has 5 heteroatoms. The van der Waals surface area contributed by atoms with Crippen LogP contribution in [0.5, 0.6) is 0 Å². The summed E-state index contributed by atoms with van der Waals surface area (Å²) in [4.78, 5) is 12.0. The summed E-state index contributed by atoms with van der Waals surface area (Å²) < 4.78 is 1.84. The molecule has 0 aliphatic carbocycles.